The second-order valence-electron chi connectivity index (χ2n) is 7.82. The lowest BCUT2D eigenvalue weighted by atomic mass is 10.2. The van der Waals surface area contributed by atoms with E-state index in [2.05, 4.69) is 0 Å². The number of nitrogens with one attached hydrogen (secondary N) is 1. The van der Waals surface area contributed by atoms with Crippen LogP contribution in [0.2, 0.25) is 0 Å². The highest BCUT2D eigenvalue weighted by molar-refractivity contribution is 8.18. The van der Waals surface area contributed by atoms with Crippen molar-refractivity contribution in [3.63, 3.8) is 0 Å². The number of carbonyl (C=O) groups excluding carboxylic acids is 3. The molecule has 3 aromatic carbocycles. The summed E-state index contributed by atoms with van der Waals surface area (Å²) in [6.45, 7) is -0.581. The Kier molecular flexibility index (Phi) is 7.76. The van der Waals surface area contributed by atoms with Crippen LogP contribution in [0.3, 0.4) is 0 Å². The molecular formula is C25H16F3N3O6S. The molecule has 1 aliphatic heterocycles. The van der Waals surface area contributed by atoms with E-state index in [4.69, 9.17) is 4.74 Å². The van der Waals surface area contributed by atoms with Gasteiger partial charge in [0, 0.05) is 12.1 Å². The van der Waals surface area contributed by atoms with Crippen LogP contribution in [0.4, 0.5) is 29.3 Å². The Balaban J connectivity index is 1.35. The molecule has 1 saturated heterocycles. The highest BCUT2D eigenvalue weighted by Gasteiger charge is 2.36. The maximum Gasteiger partial charge on any atom is 0.294 e. The van der Waals surface area contributed by atoms with Gasteiger partial charge in [-0.05, 0) is 65.4 Å². The van der Waals surface area contributed by atoms with Crippen molar-refractivity contribution >= 4 is 46.3 Å². The molecule has 3 aromatic rings. The van der Waals surface area contributed by atoms with E-state index in [1.54, 1.807) is 36.4 Å². The molecule has 0 bridgehead atoms. The summed E-state index contributed by atoms with van der Waals surface area (Å²) < 4.78 is 45.8. The molecule has 0 aliphatic carbocycles. The average Bonchev–Trinajstić information content (AvgIpc) is 3.16. The molecule has 3 amide bonds. The van der Waals surface area contributed by atoms with Crippen LogP contribution in [0.15, 0.2) is 65.6 Å². The molecule has 1 fully saturated rings. The van der Waals surface area contributed by atoms with Gasteiger partial charge in [-0.3, -0.25) is 29.4 Å². The average molecular weight is 543 g/mol. The van der Waals surface area contributed by atoms with Gasteiger partial charge in [-0.2, -0.15) is 0 Å². The topological polar surface area (TPSA) is 119 Å². The number of hydrogen-bond acceptors (Lipinski definition) is 7. The van der Waals surface area contributed by atoms with Crippen molar-refractivity contribution in [1.29, 1.82) is 0 Å². The minimum absolute atomic E-state index is 0.0275. The normalized spacial score (nSPS) is 14.2. The van der Waals surface area contributed by atoms with Crippen molar-refractivity contribution < 1.29 is 37.2 Å². The largest absolute Gasteiger partial charge is 0.489 e. The number of nitro groups is 1. The van der Waals surface area contributed by atoms with Gasteiger partial charge < -0.3 is 10.1 Å². The highest BCUT2D eigenvalue weighted by atomic mass is 32.2. The molecular weight excluding hydrogens is 527 g/mol. The third-order valence-electron chi connectivity index (χ3n) is 5.22. The van der Waals surface area contributed by atoms with Crippen molar-refractivity contribution in [2.24, 2.45) is 0 Å². The number of carbonyl (C=O) groups is 3. The molecule has 0 atom stereocenters. The number of ether oxygens (including phenoxy) is 1. The van der Waals surface area contributed by atoms with Gasteiger partial charge in [0.05, 0.1) is 15.5 Å². The van der Waals surface area contributed by atoms with E-state index in [-0.39, 0.29) is 17.2 Å². The highest BCUT2D eigenvalue weighted by Crippen LogP contribution is 2.32. The van der Waals surface area contributed by atoms with Crippen LogP contribution in [-0.4, -0.2) is 33.4 Å². The Hall–Kier alpha value is -4.65. The van der Waals surface area contributed by atoms with Gasteiger partial charge in [-0.15, -0.1) is 0 Å². The predicted molar refractivity (Wildman–Crippen MR) is 131 cm³/mol. The molecule has 194 valence electrons. The van der Waals surface area contributed by atoms with Gasteiger partial charge in [0.2, 0.25) is 5.91 Å². The van der Waals surface area contributed by atoms with Gasteiger partial charge in [0.15, 0.2) is 17.5 Å². The maximum absolute atomic E-state index is 13.8. The molecule has 1 N–H and O–H groups in total. The quantitative estimate of drug-likeness (QED) is 0.178. The molecule has 0 saturated carbocycles. The van der Waals surface area contributed by atoms with Crippen molar-refractivity contribution in [3.8, 4) is 5.75 Å². The Morgan fingerprint density at radius 3 is 2.34 bits per heavy atom. The van der Waals surface area contributed by atoms with Crippen LogP contribution in [0.1, 0.15) is 11.1 Å². The van der Waals surface area contributed by atoms with E-state index in [1.165, 1.54) is 18.2 Å². The summed E-state index contributed by atoms with van der Waals surface area (Å²) in [4.78, 5) is 48.1. The lowest BCUT2D eigenvalue weighted by Gasteiger charge is -2.13. The molecule has 0 aromatic heterocycles. The van der Waals surface area contributed by atoms with Gasteiger partial charge in [0.1, 0.15) is 18.9 Å². The van der Waals surface area contributed by atoms with Gasteiger partial charge in [-0.25, -0.2) is 13.2 Å². The molecule has 9 nitrogen and oxygen atoms in total. The molecule has 1 heterocycles. The van der Waals surface area contributed by atoms with Gasteiger partial charge >= 0.3 is 0 Å². The summed E-state index contributed by atoms with van der Waals surface area (Å²) in [6.07, 6.45) is 1.44. The second kappa shape index (κ2) is 11.2. The first-order valence-corrected chi connectivity index (χ1v) is 11.6. The first-order chi connectivity index (χ1) is 18.1. The summed E-state index contributed by atoms with van der Waals surface area (Å²) in [5.41, 5.74) is 0.629. The second-order valence-corrected chi connectivity index (χ2v) is 8.81. The number of nitrogens with zero attached hydrogens (tertiary/aromatic N) is 2. The lowest BCUT2D eigenvalue weighted by Crippen LogP contribution is -2.36. The van der Waals surface area contributed by atoms with Crippen LogP contribution >= 0.6 is 11.8 Å². The monoisotopic (exact) mass is 543 g/mol. The Labute approximate surface area is 217 Å². The van der Waals surface area contributed by atoms with E-state index < -0.39 is 51.7 Å². The number of nitro benzene ring substituents is 1. The van der Waals surface area contributed by atoms with E-state index in [0.717, 1.165) is 11.6 Å². The molecule has 13 heteroatoms. The third-order valence-corrected chi connectivity index (χ3v) is 6.12. The summed E-state index contributed by atoms with van der Waals surface area (Å²) in [5.74, 6) is -6.03. The SMILES string of the molecule is O=C(CN1C(=O)S/C(=C/c2ccc(OCc3ccc([N+](=O)[O-])cc3)cc2)C1=O)Nc1ccc(F)c(F)c1F. The van der Waals surface area contributed by atoms with Gasteiger partial charge in [0.25, 0.3) is 16.8 Å². The zero-order valence-corrected chi connectivity index (χ0v) is 20.0. The molecule has 0 unspecified atom stereocenters. The van der Waals surface area contributed by atoms with Crippen LogP contribution in [0.25, 0.3) is 6.08 Å². The lowest BCUT2D eigenvalue weighted by molar-refractivity contribution is -0.384. The molecule has 0 radical (unpaired) electrons. The number of halogens is 3. The Bertz CT molecular complexity index is 1460. The predicted octanol–water partition coefficient (Wildman–Crippen LogP) is 5.27. The minimum atomic E-state index is -1.76. The van der Waals surface area contributed by atoms with E-state index in [1.807, 2.05) is 5.32 Å². The number of amides is 3. The van der Waals surface area contributed by atoms with Crippen LogP contribution in [-0.2, 0) is 16.2 Å². The first kappa shape index (κ1) is 26.4. The Morgan fingerprint density at radius 2 is 1.68 bits per heavy atom. The van der Waals surface area contributed by atoms with E-state index in [0.29, 0.717) is 34.0 Å². The number of benzene rings is 3. The molecule has 38 heavy (non-hydrogen) atoms. The zero-order valence-electron chi connectivity index (χ0n) is 19.2. The summed E-state index contributed by atoms with van der Waals surface area (Å²) in [6, 6.07) is 13.9. The molecule has 4 rings (SSSR count). The number of rotatable bonds is 8. The number of hydrogen-bond donors (Lipinski definition) is 1. The minimum Gasteiger partial charge on any atom is -0.489 e. The van der Waals surface area contributed by atoms with Gasteiger partial charge in [-0.1, -0.05) is 12.1 Å². The fourth-order valence-electron chi connectivity index (χ4n) is 3.28. The van der Waals surface area contributed by atoms with Crippen molar-refractivity contribution in [3.05, 3.63) is 104 Å². The standard InChI is InChI=1S/C25H16F3N3O6S/c26-18-9-10-19(23(28)22(18)27)29-21(32)12-30-24(33)20(38-25(30)34)11-14-3-7-17(8-4-14)37-13-15-1-5-16(6-2-15)31(35)36/h1-11H,12-13H2,(H,29,32)/b20-11+. The summed E-state index contributed by atoms with van der Waals surface area (Å²) >= 11 is 0.603. The van der Waals surface area contributed by atoms with Crippen molar-refractivity contribution in [2.75, 3.05) is 11.9 Å². The van der Waals surface area contributed by atoms with E-state index in [9.17, 15) is 37.7 Å². The first-order valence-electron chi connectivity index (χ1n) is 10.8. The molecule has 0 spiro atoms. The number of anilines is 1. The number of non-ortho nitro benzene ring substituents is 1. The zero-order chi connectivity index (χ0) is 27.4. The summed E-state index contributed by atoms with van der Waals surface area (Å²) in [7, 11) is 0. The van der Waals surface area contributed by atoms with Crippen LogP contribution in [0.5, 0.6) is 5.75 Å². The van der Waals surface area contributed by atoms with Crippen molar-refractivity contribution in [2.45, 2.75) is 6.61 Å². The number of imide groups is 1. The number of thioether (sulfide) groups is 1. The van der Waals surface area contributed by atoms with Crippen molar-refractivity contribution in [1.82, 2.24) is 4.90 Å². The van der Waals surface area contributed by atoms with Crippen LogP contribution < -0.4 is 10.1 Å². The Morgan fingerprint density at radius 1 is 1.00 bits per heavy atom. The summed E-state index contributed by atoms with van der Waals surface area (Å²) in [5, 5.41) is 12.0. The van der Waals surface area contributed by atoms with E-state index >= 15 is 0 Å². The fourth-order valence-corrected chi connectivity index (χ4v) is 4.12. The fraction of sp³-hybridized carbons (Fsp3) is 0.0800. The van der Waals surface area contributed by atoms with Crippen LogP contribution in [0, 0.1) is 27.6 Å². The third kappa shape index (κ3) is 6.00. The smallest absolute Gasteiger partial charge is 0.294 e. The molecule has 1 aliphatic rings. The maximum atomic E-state index is 13.8.